The number of allylic oxidation sites excluding steroid dienone is 1. The number of hydrogen-bond acceptors (Lipinski definition) is 4. The average Bonchev–Trinajstić information content (AvgIpc) is 2.42. The highest BCUT2D eigenvalue weighted by Gasteiger charge is 2.24. The normalized spacial score (nSPS) is 25.3. The molecule has 2 rings (SSSR count). The van der Waals surface area contributed by atoms with Crippen LogP contribution in [0.2, 0.25) is 0 Å². The van der Waals surface area contributed by atoms with Gasteiger partial charge in [-0.1, -0.05) is 0 Å². The Morgan fingerprint density at radius 2 is 2.38 bits per heavy atom. The van der Waals surface area contributed by atoms with Crippen LogP contribution in [0.15, 0.2) is 35.7 Å². The molecule has 0 aromatic carbocycles. The summed E-state index contributed by atoms with van der Waals surface area (Å²) >= 11 is 0. The molecule has 1 atom stereocenters. The van der Waals surface area contributed by atoms with Gasteiger partial charge in [0.2, 0.25) is 0 Å². The van der Waals surface area contributed by atoms with Gasteiger partial charge in [-0.05, 0) is 11.6 Å². The van der Waals surface area contributed by atoms with E-state index in [0.29, 0.717) is 0 Å². The second-order valence-electron chi connectivity index (χ2n) is 3.03. The van der Waals surface area contributed by atoms with Gasteiger partial charge in [-0.15, -0.1) is 0 Å². The Bertz CT molecular complexity index is 343. The summed E-state index contributed by atoms with van der Waals surface area (Å²) in [5.74, 6) is 0. The largest absolute Gasteiger partial charge is 0.318 e. The molecular formula is C8H9N3O2. The molecule has 1 unspecified atom stereocenters. The van der Waals surface area contributed by atoms with Crippen LogP contribution in [0, 0.1) is 10.1 Å². The summed E-state index contributed by atoms with van der Waals surface area (Å²) in [6.45, 7) is 0. The monoisotopic (exact) mass is 179 g/mol. The van der Waals surface area contributed by atoms with Crippen LogP contribution >= 0.6 is 0 Å². The molecule has 68 valence electrons. The molecule has 0 amide bonds. The van der Waals surface area contributed by atoms with Crippen LogP contribution in [0.1, 0.15) is 0 Å². The molecule has 0 aromatic heterocycles. The second-order valence-corrected chi connectivity index (χ2v) is 3.03. The summed E-state index contributed by atoms with van der Waals surface area (Å²) in [5.41, 5.74) is 4.24. The summed E-state index contributed by atoms with van der Waals surface area (Å²) in [5, 5.41) is 12.2. The van der Waals surface area contributed by atoms with Gasteiger partial charge in [-0.25, -0.2) is 5.43 Å². The first-order chi connectivity index (χ1) is 6.16. The van der Waals surface area contributed by atoms with Gasteiger partial charge in [0.05, 0.1) is 11.0 Å². The Labute approximate surface area is 75.1 Å². The van der Waals surface area contributed by atoms with Crippen LogP contribution in [0.3, 0.4) is 0 Å². The molecule has 13 heavy (non-hydrogen) atoms. The Balaban J connectivity index is 2.27. The molecule has 0 aromatic rings. The molecule has 1 aliphatic heterocycles. The van der Waals surface area contributed by atoms with E-state index in [0.717, 1.165) is 5.57 Å². The molecule has 0 fully saturated rings. The molecular weight excluding hydrogens is 170 g/mol. The zero-order valence-corrected chi connectivity index (χ0v) is 7.10. The minimum absolute atomic E-state index is 0.0459. The predicted molar refractivity (Wildman–Crippen MR) is 47.0 cm³/mol. The number of hydrazine groups is 1. The number of nitro groups is 1. The Morgan fingerprint density at radius 3 is 3.08 bits per heavy atom. The van der Waals surface area contributed by atoms with Gasteiger partial charge in [0.1, 0.15) is 0 Å². The van der Waals surface area contributed by atoms with E-state index in [1.54, 1.807) is 17.2 Å². The van der Waals surface area contributed by atoms with E-state index >= 15 is 0 Å². The molecule has 0 spiro atoms. The highest BCUT2D eigenvalue weighted by atomic mass is 16.6. The van der Waals surface area contributed by atoms with Crippen molar-refractivity contribution < 1.29 is 4.92 Å². The van der Waals surface area contributed by atoms with Crippen LogP contribution in [0.5, 0.6) is 0 Å². The number of rotatable bonds is 1. The van der Waals surface area contributed by atoms with Crippen molar-refractivity contribution in [2.24, 2.45) is 0 Å². The lowest BCUT2D eigenvalue weighted by atomic mass is 10.0. The fourth-order valence-corrected chi connectivity index (χ4v) is 1.44. The number of fused-ring (bicyclic) bond motifs is 1. The van der Waals surface area contributed by atoms with Crippen LogP contribution in [-0.2, 0) is 0 Å². The van der Waals surface area contributed by atoms with Crippen LogP contribution in [0.25, 0.3) is 0 Å². The highest BCUT2D eigenvalue weighted by molar-refractivity contribution is 5.40. The molecule has 5 heteroatoms. The maximum Gasteiger partial charge on any atom is 0.267 e. The first-order valence-corrected chi connectivity index (χ1v) is 3.92. The minimum atomic E-state index is -0.382. The summed E-state index contributed by atoms with van der Waals surface area (Å²) in [4.78, 5) is 10.1. The smallest absolute Gasteiger partial charge is 0.267 e. The molecule has 1 aliphatic carbocycles. The maximum atomic E-state index is 10.4. The molecule has 0 saturated carbocycles. The van der Waals surface area contributed by atoms with E-state index in [2.05, 4.69) is 5.43 Å². The van der Waals surface area contributed by atoms with E-state index in [9.17, 15) is 10.1 Å². The van der Waals surface area contributed by atoms with Gasteiger partial charge >= 0.3 is 0 Å². The zero-order chi connectivity index (χ0) is 9.42. The van der Waals surface area contributed by atoms with Crippen LogP contribution < -0.4 is 5.43 Å². The first kappa shape index (κ1) is 8.00. The van der Waals surface area contributed by atoms with Gasteiger partial charge in [-0.3, -0.25) is 10.1 Å². The fraction of sp³-hybridized carbons (Fsp3) is 0.250. The lowest BCUT2D eigenvalue weighted by molar-refractivity contribution is -0.419. The first-order valence-electron chi connectivity index (χ1n) is 3.92. The SMILES string of the molecule is CN1C=C2C=CC([N+](=O)[O-])=CC2N1. The fourth-order valence-electron chi connectivity index (χ4n) is 1.44. The Morgan fingerprint density at radius 1 is 1.62 bits per heavy atom. The van der Waals surface area contributed by atoms with Crippen LogP contribution in [0.4, 0.5) is 0 Å². The van der Waals surface area contributed by atoms with Crippen molar-refractivity contribution in [3.05, 3.63) is 45.8 Å². The summed E-state index contributed by atoms with van der Waals surface area (Å²) in [7, 11) is 1.86. The highest BCUT2D eigenvalue weighted by Crippen LogP contribution is 2.20. The van der Waals surface area contributed by atoms with Crippen molar-refractivity contribution >= 4 is 0 Å². The van der Waals surface area contributed by atoms with Crippen molar-refractivity contribution in [1.29, 1.82) is 0 Å². The molecule has 0 saturated heterocycles. The third-order valence-electron chi connectivity index (χ3n) is 2.04. The third kappa shape index (κ3) is 1.33. The van der Waals surface area contributed by atoms with Crippen molar-refractivity contribution in [1.82, 2.24) is 10.4 Å². The second kappa shape index (κ2) is 2.70. The molecule has 5 nitrogen and oxygen atoms in total. The van der Waals surface area contributed by atoms with Crippen LogP contribution in [-0.4, -0.2) is 23.0 Å². The predicted octanol–water partition coefficient (Wildman–Crippen LogP) is 0.419. The van der Waals surface area contributed by atoms with E-state index in [1.807, 2.05) is 13.2 Å². The summed E-state index contributed by atoms with van der Waals surface area (Å²) < 4.78 is 0. The minimum Gasteiger partial charge on any atom is -0.318 e. The number of nitrogens with one attached hydrogen (secondary N) is 1. The molecule has 1 N–H and O–H groups in total. The Kier molecular flexibility index (Phi) is 1.66. The zero-order valence-electron chi connectivity index (χ0n) is 7.10. The lowest BCUT2D eigenvalue weighted by Crippen LogP contribution is -2.33. The third-order valence-corrected chi connectivity index (χ3v) is 2.04. The standard InChI is InChI=1S/C8H9N3O2/c1-10-5-6-2-3-7(11(12)13)4-8(6)9-10/h2-5,8-9H,1H3. The topological polar surface area (TPSA) is 58.4 Å². The van der Waals surface area contributed by atoms with Gasteiger partial charge in [0, 0.05) is 25.4 Å². The van der Waals surface area contributed by atoms with Crippen molar-refractivity contribution in [2.45, 2.75) is 6.04 Å². The van der Waals surface area contributed by atoms with Crippen molar-refractivity contribution in [3.63, 3.8) is 0 Å². The summed E-state index contributed by atoms with van der Waals surface area (Å²) in [6.07, 6.45) is 6.80. The maximum absolute atomic E-state index is 10.4. The van der Waals surface area contributed by atoms with Crippen molar-refractivity contribution in [2.75, 3.05) is 7.05 Å². The number of hydrogen-bond donors (Lipinski definition) is 1. The lowest BCUT2D eigenvalue weighted by Gasteiger charge is -2.13. The quantitative estimate of drug-likeness (QED) is 0.468. The summed E-state index contributed by atoms with van der Waals surface area (Å²) in [6, 6.07) is -0.0459. The van der Waals surface area contributed by atoms with E-state index < -0.39 is 0 Å². The van der Waals surface area contributed by atoms with E-state index in [-0.39, 0.29) is 16.7 Å². The molecule has 2 aliphatic rings. The average molecular weight is 179 g/mol. The van der Waals surface area contributed by atoms with Gasteiger partial charge < -0.3 is 5.01 Å². The van der Waals surface area contributed by atoms with Gasteiger partial charge in [-0.2, -0.15) is 0 Å². The van der Waals surface area contributed by atoms with Gasteiger partial charge in [0.15, 0.2) is 0 Å². The van der Waals surface area contributed by atoms with Gasteiger partial charge in [0.25, 0.3) is 5.70 Å². The van der Waals surface area contributed by atoms with E-state index in [1.165, 1.54) is 6.08 Å². The number of nitrogens with zero attached hydrogens (tertiary/aromatic N) is 2. The molecule has 0 bridgehead atoms. The van der Waals surface area contributed by atoms with E-state index in [4.69, 9.17) is 0 Å². The molecule has 0 radical (unpaired) electrons. The Hall–Kier alpha value is -1.62. The van der Waals surface area contributed by atoms with Crippen molar-refractivity contribution in [3.8, 4) is 0 Å². The molecule has 1 heterocycles.